The number of nitro benzene ring substituents is 1. The maximum atomic E-state index is 11.0. The Bertz CT molecular complexity index is 525. The minimum Gasteiger partial charge on any atom is -0.477 e. The average Bonchev–Trinajstić information content (AvgIpc) is 2.46. The molecular weight excluding hydrogens is 264 g/mol. The van der Waals surface area contributed by atoms with Gasteiger partial charge in [0.05, 0.1) is 4.92 Å². The third-order valence-electron chi connectivity index (χ3n) is 3.55. The van der Waals surface area contributed by atoms with Gasteiger partial charge in [-0.15, -0.1) is 0 Å². The average molecular weight is 280 g/mol. The number of hydrogen-bond donors (Lipinski definition) is 1. The lowest BCUT2D eigenvalue weighted by Crippen LogP contribution is -2.36. The van der Waals surface area contributed by atoms with Crippen LogP contribution < -0.4 is 4.90 Å². The summed E-state index contributed by atoms with van der Waals surface area (Å²) in [6.07, 6.45) is 1.70. The van der Waals surface area contributed by atoms with Crippen molar-refractivity contribution in [1.29, 1.82) is 0 Å². The second-order valence-corrected chi connectivity index (χ2v) is 4.72. The van der Waals surface area contributed by atoms with E-state index in [9.17, 15) is 14.9 Å². The number of hydrogen-bond acceptors (Lipinski definition) is 5. The van der Waals surface area contributed by atoms with Crippen molar-refractivity contribution >= 4 is 17.3 Å². The summed E-state index contributed by atoms with van der Waals surface area (Å²) in [4.78, 5) is 23.2. The van der Waals surface area contributed by atoms with Crippen molar-refractivity contribution in [3.63, 3.8) is 0 Å². The highest BCUT2D eigenvalue weighted by Gasteiger charge is 2.24. The lowest BCUT2D eigenvalue weighted by Gasteiger charge is -2.32. The molecule has 2 rings (SSSR count). The van der Waals surface area contributed by atoms with Crippen LogP contribution >= 0.6 is 0 Å². The van der Waals surface area contributed by atoms with Crippen LogP contribution in [0.25, 0.3) is 0 Å². The Morgan fingerprint density at radius 2 is 2.10 bits per heavy atom. The Morgan fingerprint density at radius 1 is 1.45 bits per heavy atom. The van der Waals surface area contributed by atoms with Crippen LogP contribution in [0.4, 0.5) is 11.4 Å². The fraction of sp³-hybridized carbons (Fsp3) is 0.462. The van der Waals surface area contributed by atoms with Gasteiger partial charge in [0.2, 0.25) is 0 Å². The number of aromatic carboxylic acids is 1. The zero-order valence-corrected chi connectivity index (χ0v) is 11.1. The first kappa shape index (κ1) is 14.3. The van der Waals surface area contributed by atoms with E-state index in [1.165, 1.54) is 12.1 Å². The zero-order chi connectivity index (χ0) is 14.7. The van der Waals surface area contributed by atoms with Crippen LogP contribution in [0, 0.1) is 10.1 Å². The van der Waals surface area contributed by atoms with Crippen molar-refractivity contribution in [3.05, 3.63) is 33.9 Å². The molecule has 0 radical (unpaired) electrons. The smallest absolute Gasteiger partial charge is 0.342 e. The van der Waals surface area contributed by atoms with E-state index in [1.807, 2.05) is 11.9 Å². The molecule has 1 aromatic carbocycles. The van der Waals surface area contributed by atoms with Crippen molar-refractivity contribution in [2.24, 2.45) is 0 Å². The van der Waals surface area contributed by atoms with Gasteiger partial charge in [0.15, 0.2) is 0 Å². The van der Waals surface area contributed by atoms with E-state index in [0.717, 1.165) is 12.8 Å². The SMILES string of the molecule is CN(c1ccc(C(=O)O)c([N+](=O)[O-])c1)C1CCOCC1. The van der Waals surface area contributed by atoms with Crippen LogP contribution in [-0.2, 0) is 4.74 Å². The third-order valence-corrected chi connectivity index (χ3v) is 3.55. The number of benzene rings is 1. The number of carbonyl (C=O) groups is 1. The summed E-state index contributed by atoms with van der Waals surface area (Å²) in [5.41, 5.74) is -0.0263. The molecular formula is C13H16N2O5. The summed E-state index contributed by atoms with van der Waals surface area (Å²) >= 11 is 0. The largest absolute Gasteiger partial charge is 0.477 e. The fourth-order valence-electron chi connectivity index (χ4n) is 2.35. The number of nitrogens with zero attached hydrogens (tertiary/aromatic N) is 2. The number of ether oxygens (including phenoxy) is 1. The number of rotatable bonds is 4. The van der Waals surface area contributed by atoms with Crippen LogP contribution in [0.15, 0.2) is 18.2 Å². The third kappa shape index (κ3) is 2.88. The molecule has 0 amide bonds. The monoisotopic (exact) mass is 280 g/mol. The predicted molar refractivity (Wildman–Crippen MR) is 72.3 cm³/mol. The molecule has 20 heavy (non-hydrogen) atoms. The van der Waals surface area contributed by atoms with Gasteiger partial charge < -0.3 is 14.7 Å². The Labute approximate surface area is 115 Å². The maximum Gasteiger partial charge on any atom is 0.342 e. The quantitative estimate of drug-likeness (QED) is 0.669. The first-order valence-electron chi connectivity index (χ1n) is 6.33. The molecule has 7 heteroatoms. The molecule has 1 fully saturated rings. The molecule has 1 N–H and O–H groups in total. The summed E-state index contributed by atoms with van der Waals surface area (Å²) in [6.45, 7) is 1.34. The van der Waals surface area contributed by atoms with Gasteiger partial charge >= 0.3 is 5.97 Å². The van der Waals surface area contributed by atoms with E-state index in [0.29, 0.717) is 18.9 Å². The molecule has 1 heterocycles. The van der Waals surface area contributed by atoms with Crippen LogP contribution in [-0.4, -0.2) is 42.3 Å². The maximum absolute atomic E-state index is 11.0. The van der Waals surface area contributed by atoms with Gasteiger partial charge in [0.1, 0.15) is 5.56 Å². The predicted octanol–water partition coefficient (Wildman–Crippen LogP) is 1.91. The van der Waals surface area contributed by atoms with E-state index in [-0.39, 0.29) is 17.3 Å². The summed E-state index contributed by atoms with van der Waals surface area (Å²) < 4.78 is 5.29. The first-order chi connectivity index (χ1) is 9.50. The Hall–Kier alpha value is -2.15. The van der Waals surface area contributed by atoms with Crippen LogP contribution in [0.2, 0.25) is 0 Å². The number of carboxylic acids is 1. The molecule has 1 saturated heterocycles. The summed E-state index contributed by atoms with van der Waals surface area (Å²) in [7, 11) is 1.86. The normalized spacial score (nSPS) is 15.8. The lowest BCUT2D eigenvalue weighted by atomic mass is 10.1. The molecule has 0 aliphatic carbocycles. The van der Waals surface area contributed by atoms with Crippen LogP contribution in [0.3, 0.4) is 0 Å². The molecule has 0 atom stereocenters. The van der Waals surface area contributed by atoms with Crippen LogP contribution in [0.5, 0.6) is 0 Å². The topological polar surface area (TPSA) is 92.9 Å². The molecule has 0 spiro atoms. The van der Waals surface area contributed by atoms with E-state index in [1.54, 1.807) is 6.07 Å². The molecule has 1 aliphatic heterocycles. The minimum atomic E-state index is -1.29. The molecule has 108 valence electrons. The van der Waals surface area contributed by atoms with Crippen molar-refractivity contribution in [2.45, 2.75) is 18.9 Å². The Kier molecular flexibility index (Phi) is 4.19. The highest BCUT2D eigenvalue weighted by atomic mass is 16.6. The van der Waals surface area contributed by atoms with Crippen LogP contribution in [0.1, 0.15) is 23.2 Å². The Morgan fingerprint density at radius 3 is 2.65 bits per heavy atom. The lowest BCUT2D eigenvalue weighted by molar-refractivity contribution is -0.385. The molecule has 0 unspecified atom stereocenters. The number of anilines is 1. The van der Waals surface area contributed by atoms with Gasteiger partial charge in [-0.05, 0) is 25.0 Å². The van der Waals surface area contributed by atoms with Crippen molar-refractivity contribution < 1.29 is 19.6 Å². The second-order valence-electron chi connectivity index (χ2n) is 4.72. The van der Waals surface area contributed by atoms with Gasteiger partial charge in [-0.1, -0.05) is 0 Å². The summed E-state index contributed by atoms with van der Waals surface area (Å²) in [6, 6.07) is 4.45. The van der Waals surface area contributed by atoms with Gasteiger partial charge in [-0.25, -0.2) is 4.79 Å². The molecule has 0 aromatic heterocycles. The minimum absolute atomic E-state index is 0.249. The zero-order valence-electron chi connectivity index (χ0n) is 11.1. The van der Waals surface area contributed by atoms with Gasteiger partial charge in [0, 0.05) is 38.1 Å². The van der Waals surface area contributed by atoms with E-state index < -0.39 is 10.9 Å². The molecule has 1 aliphatic rings. The number of carboxylic acid groups (broad SMARTS) is 1. The first-order valence-corrected chi connectivity index (χ1v) is 6.33. The molecule has 0 saturated carbocycles. The van der Waals surface area contributed by atoms with Gasteiger partial charge in [0.25, 0.3) is 5.69 Å². The second kappa shape index (κ2) is 5.87. The van der Waals surface area contributed by atoms with E-state index in [4.69, 9.17) is 9.84 Å². The standard InChI is InChI=1S/C13H16N2O5/c1-14(9-4-6-20-7-5-9)10-2-3-11(13(16)17)12(8-10)15(18)19/h2-3,8-9H,4-7H2,1H3,(H,16,17). The highest BCUT2D eigenvalue weighted by Crippen LogP contribution is 2.28. The highest BCUT2D eigenvalue weighted by molar-refractivity contribution is 5.93. The van der Waals surface area contributed by atoms with Gasteiger partial charge in [-0.2, -0.15) is 0 Å². The van der Waals surface area contributed by atoms with Crippen molar-refractivity contribution in [2.75, 3.05) is 25.2 Å². The van der Waals surface area contributed by atoms with Crippen molar-refractivity contribution in [3.8, 4) is 0 Å². The Balaban J connectivity index is 2.30. The molecule has 7 nitrogen and oxygen atoms in total. The molecule has 0 bridgehead atoms. The fourth-order valence-corrected chi connectivity index (χ4v) is 2.35. The van der Waals surface area contributed by atoms with Gasteiger partial charge in [-0.3, -0.25) is 10.1 Å². The number of nitro groups is 1. The van der Waals surface area contributed by atoms with E-state index in [2.05, 4.69) is 0 Å². The molecule has 1 aromatic rings. The van der Waals surface area contributed by atoms with E-state index >= 15 is 0 Å². The van der Waals surface area contributed by atoms with Crippen molar-refractivity contribution in [1.82, 2.24) is 0 Å². The summed E-state index contributed by atoms with van der Waals surface area (Å²) in [5, 5.41) is 19.9. The summed E-state index contributed by atoms with van der Waals surface area (Å²) in [5.74, 6) is -1.29.